The Bertz CT molecular complexity index is 681. The van der Waals surface area contributed by atoms with Crippen LogP contribution < -0.4 is 16.4 Å². The van der Waals surface area contributed by atoms with Crippen molar-refractivity contribution < 1.29 is 4.79 Å². The summed E-state index contributed by atoms with van der Waals surface area (Å²) in [6.07, 6.45) is 3.96. The van der Waals surface area contributed by atoms with Gasteiger partial charge in [-0.2, -0.15) is 0 Å². The van der Waals surface area contributed by atoms with Crippen molar-refractivity contribution >= 4 is 22.5 Å². The number of benzene rings is 1. The number of aromatic nitrogens is 1. The molecule has 21 heavy (non-hydrogen) atoms. The minimum absolute atomic E-state index is 0.230. The zero-order valence-electron chi connectivity index (χ0n) is 12.1. The fourth-order valence-corrected chi connectivity index (χ4v) is 3.00. The first kappa shape index (κ1) is 13.8. The summed E-state index contributed by atoms with van der Waals surface area (Å²) in [6.45, 7) is 0.565. The zero-order valence-corrected chi connectivity index (χ0v) is 12.1. The van der Waals surface area contributed by atoms with E-state index in [1.807, 2.05) is 31.3 Å². The number of amides is 1. The van der Waals surface area contributed by atoms with Gasteiger partial charge in [0.15, 0.2) is 0 Å². The Balaban J connectivity index is 2.17. The van der Waals surface area contributed by atoms with Gasteiger partial charge in [0.1, 0.15) is 0 Å². The first-order chi connectivity index (χ1) is 10.1. The van der Waals surface area contributed by atoms with E-state index in [2.05, 4.69) is 9.88 Å². The average molecular weight is 284 g/mol. The molecular formula is C16H20N4O. The van der Waals surface area contributed by atoms with E-state index in [0.29, 0.717) is 18.0 Å². The van der Waals surface area contributed by atoms with Gasteiger partial charge in [0, 0.05) is 31.2 Å². The van der Waals surface area contributed by atoms with Crippen LogP contribution in [0, 0.1) is 5.92 Å². The third-order valence-corrected chi connectivity index (χ3v) is 4.27. The molecule has 1 unspecified atom stereocenters. The molecule has 110 valence electrons. The predicted molar refractivity (Wildman–Crippen MR) is 84.2 cm³/mol. The van der Waals surface area contributed by atoms with Crippen LogP contribution in [0.1, 0.15) is 23.2 Å². The van der Waals surface area contributed by atoms with Crippen molar-refractivity contribution in [2.45, 2.75) is 18.9 Å². The van der Waals surface area contributed by atoms with Crippen molar-refractivity contribution in [1.82, 2.24) is 4.98 Å². The van der Waals surface area contributed by atoms with E-state index in [1.54, 1.807) is 6.20 Å². The van der Waals surface area contributed by atoms with E-state index in [0.717, 1.165) is 16.6 Å². The van der Waals surface area contributed by atoms with Crippen LogP contribution in [0.5, 0.6) is 0 Å². The number of rotatable bonds is 5. The Morgan fingerprint density at radius 3 is 2.76 bits per heavy atom. The number of likely N-dealkylation sites (N-methyl/N-ethyl adjacent to an activating group) is 1. The van der Waals surface area contributed by atoms with Gasteiger partial charge in [-0.25, -0.2) is 0 Å². The first-order valence-electron chi connectivity index (χ1n) is 7.24. The summed E-state index contributed by atoms with van der Waals surface area (Å²) in [5.74, 6) is 0.148. The van der Waals surface area contributed by atoms with Gasteiger partial charge in [-0.05, 0) is 24.8 Å². The number of fused-ring (bicyclic) bond motifs is 1. The second-order valence-corrected chi connectivity index (χ2v) is 5.65. The molecule has 4 N–H and O–H groups in total. The number of carbonyl (C=O) groups excluding carboxylic acids is 1. The highest BCUT2D eigenvalue weighted by Crippen LogP contribution is 2.38. The molecule has 0 spiro atoms. The molecule has 1 saturated carbocycles. The molecule has 0 radical (unpaired) electrons. The van der Waals surface area contributed by atoms with E-state index in [1.165, 1.54) is 12.8 Å². The van der Waals surface area contributed by atoms with Crippen LogP contribution in [-0.4, -0.2) is 30.5 Å². The van der Waals surface area contributed by atoms with Crippen molar-refractivity contribution in [1.29, 1.82) is 0 Å². The summed E-state index contributed by atoms with van der Waals surface area (Å²) in [4.78, 5) is 18.2. The molecule has 1 aliphatic rings. The Labute approximate surface area is 123 Å². The number of primary amides is 1. The average Bonchev–Trinajstić information content (AvgIpc) is 3.31. The molecule has 1 aromatic carbocycles. The molecule has 1 aliphatic carbocycles. The number of pyridine rings is 1. The molecule has 3 rings (SSSR count). The molecule has 0 saturated heterocycles. The lowest BCUT2D eigenvalue weighted by atomic mass is 10.0. The van der Waals surface area contributed by atoms with Gasteiger partial charge in [0.2, 0.25) is 0 Å². The maximum Gasteiger partial charge on any atom is 0.252 e. The molecule has 0 aliphatic heterocycles. The van der Waals surface area contributed by atoms with Gasteiger partial charge in [0.05, 0.1) is 16.8 Å². The van der Waals surface area contributed by atoms with Gasteiger partial charge in [-0.3, -0.25) is 9.78 Å². The van der Waals surface area contributed by atoms with Gasteiger partial charge in [-0.15, -0.1) is 0 Å². The number of nitrogens with two attached hydrogens (primary N) is 2. The lowest BCUT2D eigenvalue weighted by Gasteiger charge is -2.31. The molecule has 1 atom stereocenters. The second kappa shape index (κ2) is 5.33. The van der Waals surface area contributed by atoms with E-state index in [-0.39, 0.29) is 6.04 Å². The summed E-state index contributed by atoms with van der Waals surface area (Å²) in [7, 11) is 1.99. The smallest absolute Gasteiger partial charge is 0.252 e. The molecule has 1 amide bonds. The number of para-hydroxylation sites is 1. The molecular weight excluding hydrogens is 264 g/mol. The van der Waals surface area contributed by atoms with Crippen molar-refractivity contribution in [3.05, 3.63) is 36.0 Å². The van der Waals surface area contributed by atoms with Crippen LogP contribution in [0.25, 0.3) is 10.9 Å². The molecule has 5 nitrogen and oxygen atoms in total. The van der Waals surface area contributed by atoms with Crippen LogP contribution in [0.4, 0.5) is 5.69 Å². The summed E-state index contributed by atoms with van der Waals surface area (Å²) >= 11 is 0. The Morgan fingerprint density at radius 1 is 1.43 bits per heavy atom. The highest BCUT2D eigenvalue weighted by Gasteiger charge is 2.34. The third kappa shape index (κ3) is 2.45. The Morgan fingerprint density at radius 2 is 2.14 bits per heavy atom. The van der Waals surface area contributed by atoms with Crippen molar-refractivity contribution in [2.75, 3.05) is 18.5 Å². The molecule has 0 bridgehead atoms. The number of carbonyl (C=O) groups is 1. The molecule has 1 fully saturated rings. The normalized spacial score (nSPS) is 15.9. The highest BCUT2D eigenvalue weighted by atomic mass is 16.1. The van der Waals surface area contributed by atoms with Crippen LogP contribution in [0.3, 0.4) is 0 Å². The lowest BCUT2D eigenvalue weighted by molar-refractivity contribution is 0.100. The first-order valence-corrected chi connectivity index (χ1v) is 7.24. The maximum atomic E-state index is 11.8. The van der Waals surface area contributed by atoms with Crippen LogP contribution >= 0.6 is 0 Å². The van der Waals surface area contributed by atoms with Crippen molar-refractivity contribution in [2.24, 2.45) is 17.4 Å². The second-order valence-electron chi connectivity index (χ2n) is 5.65. The van der Waals surface area contributed by atoms with Gasteiger partial charge in [-0.1, -0.05) is 18.2 Å². The minimum Gasteiger partial charge on any atom is -0.369 e. The third-order valence-electron chi connectivity index (χ3n) is 4.27. The molecule has 2 aromatic rings. The number of hydrogen-bond donors (Lipinski definition) is 2. The van der Waals surface area contributed by atoms with Gasteiger partial charge < -0.3 is 16.4 Å². The van der Waals surface area contributed by atoms with E-state index < -0.39 is 5.91 Å². The van der Waals surface area contributed by atoms with Gasteiger partial charge in [0.25, 0.3) is 5.91 Å². The largest absolute Gasteiger partial charge is 0.369 e. The van der Waals surface area contributed by atoms with E-state index >= 15 is 0 Å². The lowest BCUT2D eigenvalue weighted by Crippen LogP contribution is -2.40. The topological polar surface area (TPSA) is 85.2 Å². The Kier molecular flexibility index (Phi) is 3.51. The Hall–Kier alpha value is -2.14. The summed E-state index contributed by atoms with van der Waals surface area (Å²) in [5.41, 5.74) is 13.6. The van der Waals surface area contributed by atoms with Crippen molar-refractivity contribution in [3.63, 3.8) is 0 Å². The predicted octanol–water partition coefficient (Wildman–Crippen LogP) is 1.51. The summed E-state index contributed by atoms with van der Waals surface area (Å²) in [5, 5.41) is 0.940. The molecule has 5 heteroatoms. The summed E-state index contributed by atoms with van der Waals surface area (Å²) < 4.78 is 0. The van der Waals surface area contributed by atoms with E-state index in [9.17, 15) is 4.79 Å². The molecule has 1 heterocycles. The van der Waals surface area contributed by atoms with Crippen LogP contribution in [0.2, 0.25) is 0 Å². The number of anilines is 1. The standard InChI is InChI=1S/C16H20N4O/c1-20(14(8-17)10-6-7-10)15-11-4-2-3-5-13(11)19-9-12(15)16(18)21/h2-5,9-10,14H,6-8,17H2,1H3,(H2,18,21). The minimum atomic E-state index is -0.457. The van der Waals surface area contributed by atoms with Crippen molar-refractivity contribution in [3.8, 4) is 0 Å². The quantitative estimate of drug-likeness (QED) is 0.871. The monoisotopic (exact) mass is 284 g/mol. The maximum absolute atomic E-state index is 11.8. The SMILES string of the molecule is CN(c1c(C(N)=O)cnc2ccccc12)C(CN)C1CC1. The fraction of sp³-hybridized carbons (Fsp3) is 0.375. The number of nitrogens with zero attached hydrogens (tertiary/aromatic N) is 2. The fourth-order valence-electron chi connectivity index (χ4n) is 3.00. The van der Waals surface area contributed by atoms with Crippen LogP contribution in [-0.2, 0) is 0 Å². The molecule has 1 aromatic heterocycles. The zero-order chi connectivity index (χ0) is 15.0. The highest BCUT2D eigenvalue weighted by molar-refractivity contribution is 6.06. The van der Waals surface area contributed by atoms with Gasteiger partial charge >= 0.3 is 0 Å². The summed E-state index contributed by atoms with van der Waals surface area (Å²) in [6, 6.07) is 8.02. The number of hydrogen-bond acceptors (Lipinski definition) is 4. The van der Waals surface area contributed by atoms with Crippen LogP contribution in [0.15, 0.2) is 30.5 Å². The van der Waals surface area contributed by atoms with E-state index in [4.69, 9.17) is 11.5 Å².